The second-order valence-electron chi connectivity index (χ2n) is 9.77. The largest absolute Gasteiger partial charge is 0.365 e. The van der Waals surface area contributed by atoms with Crippen molar-refractivity contribution in [2.24, 2.45) is 0 Å². The molecule has 0 amide bonds. The van der Waals surface area contributed by atoms with E-state index in [1.165, 1.54) is 16.7 Å². The Labute approximate surface area is 212 Å². The molecule has 0 radical (unpaired) electrons. The van der Waals surface area contributed by atoms with E-state index in [1.807, 2.05) is 24.4 Å². The van der Waals surface area contributed by atoms with E-state index in [0.717, 1.165) is 27.7 Å². The van der Waals surface area contributed by atoms with Gasteiger partial charge in [-0.25, -0.2) is 0 Å². The molecule has 0 aliphatic carbocycles. The number of allylic oxidation sites excluding steroid dienone is 1. The summed E-state index contributed by atoms with van der Waals surface area (Å²) in [6.07, 6.45) is 4.14. The van der Waals surface area contributed by atoms with Crippen molar-refractivity contribution >= 4 is 45.9 Å². The molecule has 0 bridgehead atoms. The average Bonchev–Trinajstić information content (AvgIpc) is 3.14. The quantitative estimate of drug-likeness (QED) is 0.407. The molecule has 174 valence electrons. The maximum Gasteiger partial charge on any atom is 0.174 e. The van der Waals surface area contributed by atoms with Crippen LogP contribution in [0.5, 0.6) is 0 Å². The van der Waals surface area contributed by atoms with Crippen molar-refractivity contribution in [2.45, 2.75) is 45.3 Å². The van der Waals surface area contributed by atoms with Crippen LogP contribution in [0.1, 0.15) is 55.2 Å². The van der Waals surface area contributed by atoms with Gasteiger partial charge in [-0.3, -0.25) is 4.98 Å². The summed E-state index contributed by atoms with van der Waals surface area (Å²) >= 11 is 12.9. The lowest BCUT2D eigenvalue weighted by molar-refractivity contribution is 0.567. The molecule has 3 heterocycles. The van der Waals surface area contributed by atoms with Crippen LogP contribution in [0.3, 0.4) is 0 Å². The predicted molar refractivity (Wildman–Crippen MR) is 147 cm³/mol. The molecule has 4 nitrogen and oxygen atoms in total. The number of thiocarbonyl (C=S) groups is 1. The number of benzene rings is 2. The minimum atomic E-state index is -0.143. The number of likely N-dealkylation sites (N-methyl/N-ethyl adjacent to an activating group) is 1. The molecule has 6 heteroatoms. The van der Waals surface area contributed by atoms with Crippen molar-refractivity contribution in [3.63, 3.8) is 0 Å². The second kappa shape index (κ2) is 8.40. The number of aryl methyl sites for hydroxylation is 1. The molecule has 0 spiro atoms. The molecule has 3 aromatic rings. The number of nitrogens with zero attached hydrogens (tertiary/aromatic N) is 3. The number of anilines is 2. The van der Waals surface area contributed by atoms with E-state index in [4.69, 9.17) is 23.8 Å². The smallest absolute Gasteiger partial charge is 0.174 e. The topological polar surface area (TPSA) is 31.4 Å². The van der Waals surface area contributed by atoms with Crippen molar-refractivity contribution in [1.82, 2.24) is 10.3 Å². The maximum absolute atomic E-state index is 7.07. The van der Waals surface area contributed by atoms with Gasteiger partial charge in [-0.15, -0.1) is 0 Å². The van der Waals surface area contributed by atoms with Gasteiger partial charge in [-0.05, 0) is 93.0 Å². The van der Waals surface area contributed by atoms with Crippen LogP contribution in [0.15, 0.2) is 66.9 Å². The van der Waals surface area contributed by atoms with Crippen LogP contribution in [0.25, 0.3) is 5.57 Å². The Hall–Kier alpha value is -2.89. The summed E-state index contributed by atoms with van der Waals surface area (Å²) in [5.41, 5.74) is 7.70. The fourth-order valence-electron chi connectivity index (χ4n) is 5.14. The Morgan fingerprint density at radius 1 is 1.06 bits per heavy atom. The van der Waals surface area contributed by atoms with Gasteiger partial charge in [0.2, 0.25) is 0 Å². The SMILES string of the molecule is CC1=CC(C)(C)N(C)c2cc(Cl)c([C@@H]3[C@@H](c4ccccn4)NC(=S)N3c3cccc(C)c3)cc21. The zero-order chi connectivity index (χ0) is 24.2. The van der Waals surface area contributed by atoms with E-state index in [-0.39, 0.29) is 17.6 Å². The van der Waals surface area contributed by atoms with E-state index < -0.39 is 0 Å². The molecule has 34 heavy (non-hydrogen) atoms. The second-order valence-corrected chi connectivity index (χ2v) is 10.6. The van der Waals surface area contributed by atoms with Crippen LogP contribution in [-0.2, 0) is 0 Å². The summed E-state index contributed by atoms with van der Waals surface area (Å²) in [6.45, 7) is 8.71. The van der Waals surface area contributed by atoms with Gasteiger partial charge in [0.1, 0.15) is 0 Å². The third-order valence-corrected chi connectivity index (χ3v) is 7.67. The standard InChI is InChI=1S/C28H29ClN4S/c1-17-9-8-10-19(13-17)33-26(25(31-27(33)34)23-11-6-7-12-30-23)21-14-20-18(2)16-28(3,4)32(5)24(20)15-22(21)29/h6-16,25-26H,1-5H3,(H,31,34)/t25-,26-/m1/s1. The molecular weight excluding hydrogens is 460 g/mol. The molecule has 1 aromatic heterocycles. The third-order valence-electron chi connectivity index (χ3n) is 7.03. The Morgan fingerprint density at radius 2 is 1.85 bits per heavy atom. The van der Waals surface area contributed by atoms with Gasteiger partial charge in [0.15, 0.2) is 5.11 Å². The molecule has 5 rings (SSSR count). The van der Waals surface area contributed by atoms with Gasteiger partial charge in [0, 0.05) is 35.2 Å². The van der Waals surface area contributed by atoms with Crippen molar-refractivity contribution < 1.29 is 0 Å². The molecule has 1 N–H and O–H groups in total. The van der Waals surface area contributed by atoms with Gasteiger partial charge in [0.25, 0.3) is 0 Å². The highest BCUT2D eigenvalue weighted by atomic mass is 35.5. The van der Waals surface area contributed by atoms with Gasteiger partial charge in [0.05, 0.1) is 23.3 Å². The van der Waals surface area contributed by atoms with Crippen LogP contribution in [0.4, 0.5) is 11.4 Å². The monoisotopic (exact) mass is 488 g/mol. The lowest BCUT2D eigenvalue weighted by atomic mass is 9.86. The van der Waals surface area contributed by atoms with Crippen LogP contribution in [-0.4, -0.2) is 22.7 Å². The number of nitrogens with one attached hydrogen (secondary N) is 1. The highest BCUT2D eigenvalue weighted by Gasteiger charge is 2.42. The van der Waals surface area contributed by atoms with Gasteiger partial charge >= 0.3 is 0 Å². The van der Waals surface area contributed by atoms with Crippen LogP contribution in [0.2, 0.25) is 5.02 Å². The Balaban J connectivity index is 1.71. The first-order valence-corrected chi connectivity index (χ1v) is 12.3. The number of aromatic nitrogens is 1. The highest BCUT2D eigenvalue weighted by Crippen LogP contribution is 2.47. The number of hydrogen-bond donors (Lipinski definition) is 1. The third kappa shape index (κ3) is 3.77. The average molecular weight is 489 g/mol. The normalized spacial score (nSPS) is 21.2. The molecule has 1 saturated heterocycles. The van der Waals surface area contributed by atoms with Crippen LogP contribution < -0.4 is 15.1 Å². The summed E-state index contributed by atoms with van der Waals surface area (Å²) in [5.74, 6) is 0. The number of rotatable bonds is 3. The first-order valence-electron chi connectivity index (χ1n) is 11.5. The number of hydrogen-bond acceptors (Lipinski definition) is 3. The molecular formula is C28H29ClN4S. The maximum atomic E-state index is 7.07. The Morgan fingerprint density at radius 3 is 2.56 bits per heavy atom. The molecule has 1 fully saturated rings. The predicted octanol–water partition coefficient (Wildman–Crippen LogP) is 6.85. The zero-order valence-corrected chi connectivity index (χ0v) is 21.7. The van der Waals surface area contributed by atoms with E-state index in [1.54, 1.807) is 0 Å². The summed E-state index contributed by atoms with van der Waals surface area (Å²) < 4.78 is 0. The van der Waals surface area contributed by atoms with Gasteiger partial charge in [-0.2, -0.15) is 0 Å². The van der Waals surface area contributed by atoms with Crippen molar-refractivity contribution in [2.75, 3.05) is 16.8 Å². The number of halogens is 1. The number of fused-ring (bicyclic) bond motifs is 1. The Bertz CT molecular complexity index is 1300. The first-order chi connectivity index (χ1) is 16.2. The minimum Gasteiger partial charge on any atom is -0.365 e. The molecule has 2 aliphatic heterocycles. The van der Waals surface area contributed by atoms with E-state index in [0.29, 0.717) is 5.11 Å². The zero-order valence-electron chi connectivity index (χ0n) is 20.1. The summed E-state index contributed by atoms with van der Waals surface area (Å²) in [5, 5.41) is 4.94. The van der Waals surface area contributed by atoms with Gasteiger partial charge in [-0.1, -0.05) is 35.9 Å². The van der Waals surface area contributed by atoms with Crippen molar-refractivity contribution in [1.29, 1.82) is 0 Å². The fourth-order valence-corrected chi connectivity index (χ4v) is 5.76. The Kier molecular flexibility index (Phi) is 5.65. The van der Waals surface area contributed by atoms with Crippen LogP contribution in [0, 0.1) is 6.92 Å². The van der Waals surface area contributed by atoms with Crippen molar-refractivity contribution in [3.05, 3.63) is 94.3 Å². The number of pyridine rings is 1. The lowest BCUT2D eigenvalue weighted by Crippen LogP contribution is -2.42. The van der Waals surface area contributed by atoms with Crippen LogP contribution >= 0.6 is 23.8 Å². The molecule has 2 aromatic carbocycles. The van der Waals surface area contributed by atoms with Crippen molar-refractivity contribution in [3.8, 4) is 0 Å². The first kappa shape index (κ1) is 22.9. The molecule has 2 atom stereocenters. The summed E-state index contributed by atoms with van der Waals surface area (Å²) in [7, 11) is 2.12. The molecule has 0 unspecified atom stereocenters. The highest BCUT2D eigenvalue weighted by molar-refractivity contribution is 7.80. The molecule has 0 saturated carbocycles. The fraction of sp³-hybridized carbons (Fsp3) is 0.286. The van der Waals surface area contributed by atoms with E-state index >= 15 is 0 Å². The summed E-state index contributed by atoms with van der Waals surface area (Å²) in [4.78, 5) is 9.14. The lowest BCUT2D eigenvalue weighted by Gasteiger charge is -2.41. The van der Waals surface area contributed by atoms with E-state index in [2.05, 4.69) is 97.3 Å². The minimum absolute atomic E-state index is 0.0808. The molecule has 2 aliphatic rings. The van der Waals surface area contributed by atoms with Gasteiger partial charge < -0.3 is 15.1 Å². The summed E-state index contributed by atoms with van der Waals surface area (Å²) in [6, 6.07) is 18.5. The van der Waals surface area contributed by atoms with E-state index in [9.17, 15) is 0 Å².